The molecule has 20 heavy (non-hydrogen) atoms. The Kier molecular flexibility index (Phi) is 5.88. The molecule has 3 heteroatoms. The molecule has 0 bridgehead atoms. The third-order valence-corrected chi connectivity index (χ3v) is 4.74. The summed E-state index contributed by atoms with van der Waals surface area (Å²) in [5, 5.41) is 3.57. The molecular formula is C17H34N2O. The predicted molar refractivity (Wildman–Crippen MR) is 85.2 cm³/mol. The monoisotopic (exact) mass is 282 g/mol. The Balaban J connectivity index is 1.71. The quantitative estimate of drug-likeness (QED) is 0.810. The zero-order valence-electron chi connectivity index (χ0n) is 14.0. The van der Waals surface area contributed by atoms with Gasteiger partial charge in [-0.1, -0.05) is 19.8 Å². The molecule has 1 heterocycles. The first-order chi connectivity index (χ1) is 9.48. The predicted octanol–water partition coefficient (Wildman–Crippen LogP) is 3.19. The Morgan fingerprint density at radius 1 is 1.05 bits per heavy atom. The minimum Gasteiger partial charge on any atom is -0.372 e. The summed E-state index contributed by atoms with van der Waals surface area (Å²) in [5.41, 5.74) is 0.195. The second-order valence-corrected chi connectivity index (χ2v) is 7.61. The second-order valence-electron chi connectivity index (χ2n) is 7.61. The molecule has 2 unspecified atom stereocenters. The van der Waals surface area contributed by atoms with E-state index in [2.05, 4.69) is 37.9 Å². The van der Waals surface area contributed by atoms with Gasteiger partial charge in [-0.05, 0) is 53.0 Å². The number of likely N-dealkylation sites (N-methyl/N-ethyl adjacent to an activating group) is 1. The van der Waals surface area contributed by atoms with Crippen molar-refractivity contribution in [3.05, 3.63) is 0 Å². The first-order valence-corrected chi connectivity index (χ1v) is 8.62. The van der Waals surface area contributed by atoms with Gasteiger partial charge in [0.15, 0.2) is 0 Å². The van der Waals surface area contributed by atoms with Crippen molar-refractivity contribution >= 4 is 0 Å². The van der Waals surface area contributed by atoms with Crippen LogP contribution in [0.15, 0.2) is 0 Å². The summed E-state index contributed by atoms with van der Waals surface area (Å²) in [5.74, 6) is 0. The minimum atomic E-state index is 0.195. The Bertz CT molecular complexity index is 281. The molecule has 0 spiro atoms. The van der Waals surface area contributed by atoms with Crippen molar-refractivity contribution in [3.63, 3.8) is 0 Å². The highest BCUT2D eigenvalue weighted by Gasteiger charge is 2.30. The molecule has 0 amide bonds. The molecule has 1 N–H and O–H groups in total. The van der Waals surface area contributed by atoms with Crippen LogP contribution in [0.3, 0.4) is 0 Å². The van der Waals surface area contributed by atoms with E-state index >= 15 is 0 Å². The number of hydrogen-bond donors (Lipinski definition) is 1. The molecule has 2 atom stereocenters. The van der Waals surface area contributed by atoms with Crippen LogP contribution in [0.4, 0.5) is 0 Å². The van der Waals surface area contributed by atoms with E-state index in [9.17, 15) is 0 Å². The molecule has 2 aliphatic rings. The molecule has 1 saturated heterocycles. The van der Waals surface area contributed by atoms with Crippen molar-refractivity contribution in [2.75, 3.05) is 19.6 Å². The Morgan fingerprint density at radius 3 is 2.30 bits per heavy atom. The Hall–Kier alpha value is -0.120. The fourth-order valence-corrected chi connectivity index (χ4v) is 3.55. The maximum Gasteiger partial charge on any atom is 0.0707 e. The van der Waals surface area contributed by atoms with Crippen molar-refractivity contribution < 1.29 is 4.74 Å². The van der Waals surface area contributed by atoms with Gasteiger partial charge in [-0.2, -0.15) is 0 Å². The topological polar surface area (TPSA) is 24.5 Å². The minimum absolute atomic E-state index is 0.195. The van der Waals surface area contributed by atoms with Crippen molar-refractivity contribution in [2.24, 2.45) is 0 Å². The third kappa shape index (κ3) is 5.01. The molecule has 1 saturated carbocycles. The lowest BCUT2D eigenvalue weighted by Gasteiger charge is -2.30. The SMILES string of the molecule is CCN(CC1CCC(CNC(C)(C)C)O1)C1CCCC1. The molecule has 0 aromatic carbocycles. The fourth-order valence-electron chi connectivity index (χ4n) is 3.55. The van der Waals surface area contributed by atoms with Crippen molar-refractivity contribution in [1.82, 2.24) is 10.2 Å². The molecule has 2 fully saturated rings. The number of rotatable bonds is 6. The van der Waals surface area contributed by atoms with Crippen LogP contribution in [0.2, 0.25) is 0 Å². The lowest BCUT2D eigenvalue weighted by molar-refractivity contribution is 0.0138. The Labute approximate surface area is 125 Å². The highest BCUT2D eigenvalue weighted by atomic mass is 16.5. The van der Waals surface area contributed by atoms with E-state index in [-0.39, 0.29) is 5.54 Å². The molecule has 118 valence electrons. The number of nitrogens with one attached hydrogen (secondary N) is 1. The zero-order valence-corrected chi connectivity index (χ0v) is 14.0. The van der Waals surface area contributed by atoms with Crippen molar-refractivity contribution in [2.45, 2.75) is 90.0 Å². The normalized spacial score (nSPS) is 28.6. The van der Waals surface area contributed by atoms with Crippen LogP contribution in [0.1, 0.15) is 66.2 Å². The molecule has 0 aromatic heterocycles. The summed E-state index contributed by atoms with van der Waals surface area (Å²) in [6.07, 6.45) is 8.97. The van der Waals surface area contributed by atoms with Crippen LogP contribution in [0, 0.1) is 0 Å². The average Bonchev–Trinajstić information content (AvgIpc) is 3.04. The maximum absolute atomic E-state index is 6.24. The van der Waals surface area contributed by atoms with E-state index in [0.29, 0.717) is 12.2 Å². The molecule has 3 nitrogen and oxygen atoms in total. The molecule has 1 aliphatic carbocycles. The van der Waals surface area contributed by atoms with E-state index < -0.39 is 0 Å². The van der Waals surface area contributed by atoms with Crippen LogP contribution >= 0.6 is 0 Å². The van der Waals surface area contributed by atoms with Gasteiger partial charge in [0, 0.05) is 24.7 Å². The van der Waals surface area contributed by atoms with Gasteiger partial charge >= 0.3 is 0 Å². The third-order valence-electron chi connectivity index (χ3n) is 4.74. The van der Waals surface area contributed by atoms with Crippen LogP contribution in [-0.4, -0.2) is 48.3 Å². The fraction of sp³-hybridized carbons (Fsp3) is 1.00. The highest BCUT2D eigenvalue weighted by molar-refractivity contribution is 4.83. The van der Waals surface area contributed by atoms with Crippen LogP contribution in [-0.2, 0) is 4.74 Å². The molecule has 0 aromatic rings. The van der Waals surface area contributed by atoms with Gasteiger partial charge in [0.25, 0.3) is 0 Å². The summed E-state index contributed by atoms with van der Waals surface area (Å²) >= 11 is 0. The van der Waals surface area contributed by atoms with E-state index in [1.165, 1.54) is 45.1 Å². The summed E-state index contributed by atoms with van der Waals surface area (Å²) in [6.45, 7) is 12.3. The molecule has 2 rings (SSSR count). The summed E-state index contributed by atoms with van der Waals surface area (Å²) < 4.78 is 6.24. The first-order valence-electron chi connectivity index (χ1n) is 8.62. The Morgan fingerprint density at radius 2 is 1.70 bits per heavy atom. The molecular weight excluding hydrogens is 248 g/mol. The number of nitrogens with zero attached hydrogens (tertiary/aromatic N) is 1. The van der Waals surface area contributed by atoms with E-state index in [0.717, 1.165) is 19.1 Å². The van der Waals surface area contributed by atoms with Gasteiger partial charge in [0.05, 0.1) is 12.2 Å². The summed E-state index contributed by atoms with van der Waals surface area (Å²) in [6, 6.07) is 0.829. The van der Waals surface area contributed by atoms with Crippen LogP contribution in [0.5, 0.6) is 0 Å². The van der Waals surface area contributed by atoms with E-state index in [4.69, 9.17) is 4.74 Å². The zero-order chi connectivity index (χ0) is 14.6. The average molecular weight is 282 g/mol. The maximum atomic E-state index is 6.24. The molecule has 0 radical (unpaired) electrons. The van der Waals surface area contributed by atoms with Gasteiger partial charge in [-0.25, -0.2) is 0 Å². The first kappa shape index (κ1) is 16.3. The van der Waals surface area contributed by atoms with E-state index in [1.807, 2.05) is 0 Å². The van der Waals surface area contributed by atoms with Crippen LogP contribution < -0.4 is 5.32 Å². The summed E-state index contributed by atoms with van der Waals surface area (Å²) in [7, 11) is 0. The van der Waals surface area contributed by atoms with E-state index in [1.54, 1.807) is 0 Å². The highest BCUT2D eigenvalue weighted by Crippen LogP contribution is 2.26. The lowest BCUT2D eigenvalue weighted by Crippen LogP contribution is -2.42. The smallest absolute Gasteiger partial charge is 0.0707 e. The summed E-state index contributed by atoms with van der Waals surface area (Å²) in [4.78, 5) is 2.66. The van der Waals surface area contributed by atoms with Crippen molar-refractivity contribution in [1.29, 1.82) is 0 Å². The largest absolute Gasteiger partial charge is 0.372 e. The number of ether oxygens (including phenoxy) is 1. The van der Waals surface area contributed by atoms with Crippen molar-refractivity contribution in [3.8, 4) is 0 Å². The van der Waals surface area contributed by atoms with Gasteiger partial charge in [0.2, 0.25) is 0 Å². The number of hydrogen-bond acceptors (Lipinski definition) is 3. The van der Waals surface area contributed by atoms with Gasteiger partial charge < -0.3 is 10.1 Å². The van der Waals surface area contributed by atoms with Crippen LogP contribution in [0.25, 0.3) is 0 Å². The lowest BCUT2D eigenvalue weighted by atomic mass is 10.1. The van der Waals surface area contributed by atoms with Gasteiger partial charge in [-0.3, -0.25) is 4.90 Å². The molecule has 1 aliphatic heterocycles. The van der Waals surface area contributed by atoms with Gasteiger partial charge in [-0.15, -0.1) is 0 Å². The van der Waals surface area contributed by atoms with Gasteiger partial charge in [0.1, 0.15) is 0 Å². The standard InChI is InChI=1S/C17H34N2O/c1-5-19(14-8-6-7-9-14)13-16-11-10-15(20-16)12-18-17(2,3)4/h14-16,18H,5-13H2,1-4H3. The second kappa shape index (κ2) is 7.24.